The van der Waals surface area contributed by atoms with Gasteiger partial charge < -0.3 is 9.88 Å². The number of carbonyl (C=O) groups excluding carboxylic acids is 1. The lowest BCUT2D eigenvalue weighted by Gasteiger charge is -2.35. The summed E-state index contributed by atoms with van der Waals surface area (Å²) >= 11 is 6.04. The van der Waals surface area contributed by atoms with Crippen LogP contribution in [0.3, 0.4) is 0 Å². The number of nitrogens with zero attached hydrogens (tertiary/aromatic N) is 2. The first-order valence-corrected chi connectivity index (χ1v) is 8.59. The van der Waals surface area contributed by atoms with Gasteiger partial charge in [-0.15, -0.1) is 0 Å². The molecule has 5 heteroatoms. The van der Waals surface area contributed by atoms with E-state index in [2.05, 4.69) is 9.97 Å². The summed E-state index contributed by atoms with van der Waals surface area (Å²) in [5, 5.41) is 1.63. The number of H-pyrrole nitrogens is 1. The van der Waals surface area contributed by atoms with Crippen molar-refractivity contribution in [2.75, 3.05) is 6.54 Å². The minimum absolute atomic E-state index is 0.0378. The van der Waals surface area contributed by atoms with Gasteiger partial charge in [0.25, 0.3) is 5.91 Å². The first-order chi connectivity index (χ1) is 11.7. The first kappa shape index (κ1) is 15.2. The molecule has 1 fully saturated rings. The summed E-state index contributed by atoms with van der Waals surface area (Å²) in [5.41, 5.74) is 2.64. The van der Waals surface area contributed by atoms with Crippen LogP contribution in [0.25, 0.3) is 10.9 Å². The van der Waals surface area contributed by atoms with Crippen LogP contribution >= 0.6 is 11.6 Å². The van der Waals surface area contributed by atoms with Crippen LogP contribution in [0.15, 0.2) is 48.8 Å². The minimum Gasteiger partial charge on any atom is -0.351 e. The Morgan fingerprint density at radius 2 is 2.17 bits per heavy atom. The summed E-state index contributed by atoms with van der Waals surface area (Å²) in [4.78, 5) is 22.5. The van der Waals surface area contributed by atoms with Gasteiger partial charge in [-0.2, -0.15) is 0 Å². The van der Waals surface area contributed by atoms with Crippen molar-refractivity contribution in [3.8, 4) is 0 Å². The van der Waals surface area contributed by atoms with Gasteiger partial charge in [0, 0.05) is 34.9 Å². The molecule has 1 amide bonds. The van der Waals surface area contributed by atoms with Crippen molar-refractivity contribution in [1.82, 2.24) is 14.9 Å². The molecule has 0 radical (unpaired) electrons. The third kappa shape index (κ3) is 2.78. The number of halogens is 1. The highest BCUT2D eigenvalue weighted by atomic mass is 35.5. The van der Waals surface area contributed by atoms with Gasteiger partial charge in [-0.1, -0.05) is 17.7 Å². The number of piperidine rings is 1. The third-order valence-corrected chi connectivity index (χ3v) is 4.88. The summed E-state index contributed by atoms with van der Waals surface area (Å²) in [6.07, 6.45) is 6.77. The van der Waals surface area contributed by atoms with Crippen molar-refractivity contribution < 1.29 is 4.79 Å². The topological polar surface area (TPSA) is 49.0 Å². The van der Waals surface area contributed by atoms with Crippen LogP contribution < -0.4 is 0 Å². The van der Waals surface area contributed by atoms with Crippen molar-refractivity contribution in [3.05, 3.63) is 65.1 Å². The summed E-state index contributed by atoms with van der Waals surface area (Å²) in [6.45, 7) is 0.772. The molecule has 2 aromatic heterocycles. The van der Waals surface area contributed by atoms with Crippen LogP contribution in [0.4, 0.5) is 0 Å². The van der Waals surface area contributed by atoms with Crippen molar-refractivity contribution >= 4 is 28.4 Å². The van der Waals surface area contributed by atoms with Crippen LogP contribution in [0.1, 0.15) is 41.4 Å². The molecule has 3 heterocycles. The zero-order valence-corrected chi connectivity index (χ0v) is 14.0. The standard InChI is InChI=1S/C19H18ClN3O/c20-15-6-7-16-14(10-15)11-17(22-16)19(24)23-9-2-1-5-18(23)13-4-3-8-21-12-13/h3-4,6-8,10-12,18,22H,1-2,5,9H2. The largest absolute Gasteiger partial charge is 0.351 e. The molecule has 1 saturated heterocycles. The lowest BCUT2D eigenvalue weighted by molar-refractivity contribution is 0.0606. The molecule has 1 aliphatic heterocycles. The zero-order chi connectivity index (χ0) is 16.5. The fraction of sp³-hybridized carbons (Fsp3) is 0.263. The van der Waals surface area contributed by atoms with Crippen LogP contribution in [0, 0.1) is 0 Å². The summed E-state index contributed by atoms with van der Waals surface area (Å²) < 4.78 is 0. The Morgan fingerprint density at radius 1 is 1.25 bits per heavy atom. The molecule has 1 N–H and O–H groups in total. The SMILES string of the molecule is O=C(c1cc2cc(Cl)ccc2[nH]1)N1CCCCC1c1cccnc1. The van der Waals surface area contributed by atoms with Gasteiger partial charge in [0.1, 0.15) is 5.69 Å². The smallest absolute Gasteiger partial charge is 0.270 e. The van der Waals surface area contributed by atoms with Crippen LogP contribution in [0.5, 0.6) is 0 Å². The zero-order valence-electron chi connectivity index (χ0n) is 13.2. The second-order valence-corrected chi connectivity index (χ2v) is 6.65. The first-order valence-electron chi connectivity index (χ1n) is 8.21. The van der Waals surface area contributed by atoms with E-state index < -0.39 is 0 Å². The molecule has 1 atom stereocenters. The summed E-state index contributed by atoms with van der Waals surface area (Å²) in [7, 11) is 0. The van der Waals surface area contributed by atoms with Gasteiger partial charge >= 0.3 is 0 Å². The van der Waals surface area contributed by atoms with E-state index in [4.69, 9.17) is 11.6 Å². The number of hydrogen-bond donors (Lipinski definition) is 1. The fourth-order valence-corrected chi connectivity index (χ4v) is 3.65. The highest BCUT2D eigenvalue weighted by molar-refractivity contribution is 6.31. The minimum atomic E-state index is 0.0378. The Bertz CT molecular complexity index is 875. The normalized spacial score (nSPS) is 18.0. The van der Waals surface area contributed by atoms with E-state index in [1.54, 1.807) is 6.20 Å². The van der Waals surface area contributed by atoms with E-state index in [0.717, 1.165) is 42.3 Å². The molecule has 3 aromatic rings. The molecular formula is C19H18ClN3O. The average Bonchev–Trinajstić information content (AvgIpc) is 3.05. The van der Waals surface area contributed by atoms with Gasteiger partial charge in [-0.3, -0.25) is 9.78 Å². The number of pyridine rings is 1. The number of aromatic nitrogens is 2. The Labute approximate surface area is 145 Å². The van der Waals surface area contributed by atoms with Gasteiger partial charge in [0.2, 0.25) is 0 Å². The molecule has 4 nitrogen and oxygen atoms in total. The van der Waals surface area contributed by atoms with Gasteiger partial charge in [-0.25, -0.2) is 0 Å². The van der Waals surface area contributed by atoms with Gasteiger partial charge in [-0.05, 0) is 55.2 Å². The molecule has 1 unspecified atom stereocenters. The monoisotopic (exact) mass is 339 g/mol. The predicted molar refractivity (Wildman–Crippen MR) is 95.2 cm³/mol. The molecular weight excluding hydrogens is 322 g/mol. The molecule has 0 bridgehead atoms. The van der Waals surface area contributed by atoms with Gasteiger partial charge in [0.15, 0.2) is 0 Å². The van der Waals surface area contributed by atoms with E-state index in [-0.39, 0.29) is 11.9 Å². The second-order valence-electron chi connectivity index (χ2n) is 6.21. The second kappa shape index (κ2) is 6.29. The van der Waals surface area contributed by atoms with E-state index in [9.17, 15) is 4.79 Å². The third-order valence-electron chi connectivity index (χ3n) is 4.65. The molecule has 24 heavy (non-hydrogen) atoms. The molecule has 0 spiro atoms. The number of benzene rings is 1. The molecule has 1 aliphatic rings. The summed E-state index contributed by atoms with van der Waals surface area (Å²) in [6, 6.07) is 11.6. The summed E-state index contributed by atoms with van der Waals surface area (Å²) in [5.74, 6) is 0.0378. The van der Waals surface area contributed by atoms with E-state index in [1.165, 1.54) is 0 Å². The number of fused-ring (bicyclic) bond motifs is 1. The van der Waals surface area contributed by atoms with Crippen LogP contribution in [0.2, 0.25) is 5.02 Å². The number of rotatable bonds is 2. The number of carbonyl (C=O) groups is 1. The molecule has 0 saturated carbocycles. The Kier molecular flexibility index (Phi) is 3.98. The van der Waals surface area contributed by atoms with Crippen LogP contribution in [-0.4, -0.2) is 27.3 Å². The highest BCUT2D eigenvalue weighted by Gasteiger charge is 2.29. The number of amides is 1. The maximum Gasteiger partial charge on any atom is 0.270 e. The van der Waals surface area contributed by atoms with E-state index in [1.807, 2.05) is 47.5 Å². The molecule has 1 aromatic carbocycles. The number of likely N-dealkylation sites (tertiary alicyclic amines) is 1. The average molecular weight is 340 g/mol. The van der Waals surface area contributed by atoms with Gasteiger partial charge in [0.05, 0.1) is 6.04 Å². The maximum absolute atomic E-state index is 13.1. The molecule has 0 aliphatic carbocycles. The number of aromatic amines is 1. The fourth-order valence-electron chi connectivity index (χ4n) is 3.47. The van der Waals surface area contributed by atoms with Crippen LogP contribution in [-0.2, 0) is 0 Å². The predicted octanol–water partition coefficient (Wildman–Crippen LogP) is 4.58. The Hall–Kier alpha value is -2.33. The Balaban J connectivity index is 1.67. The van der Waals surface area contributed by atoms with Crippen molar-refractivity contribution in [2.45, 2.75) is 25.3 Å². The Morgan fingerprint density at radius 3 is 3.00 bits per heavy atom. The lowest BCUT2D eigenvalue weighted by atomic mass is 9.96. The lowest BCUT2D eigenvalue weighted by Crippen LogP contribution is -2.38. The highest BCUT2D eigenvalue weighted by Crippen LogP contribution is 2.32. The maximum atomic E-state index is 13.1. The molecule has 4 rings (SSSR count). The van der Waals surface area contributed by atoms with Crippen molar-refractivity contribution in [1.29, 1.82) is 0 Å². The van der Waals surface area contributed by atoms with Crippen molar-refractivity contribution in [3.63, 3.8) is 0 Å². The molecule has 122 valence electrons. The van der Waals surface area contributed by atoms with Crippen molar-refractivity contribution in [2.24, 2.45) is 0 Å². The van der Waals surface area contributed by atoms with E-state index in [0.29, 0.717) is 10.7 Å². The number of nitrogens with one attached hydrogen (secondary N) is 1. The quantitative estimate of drug-likeness (QED) is 0.742. The van der Waals surface area contributed by atoms with E-state index >= 15 is 0 Å². The number of hydrogen-bond acceptors (Lipinski definition) is 2.